The van der Waals surface area contributed by atoms with Crippen molar-refractivity contribution in [1.82, 2.24) is 0 Å². The smallest absolute Gasteiger partial charge is 0.292 e. The maximum absolute atomic E-state index is 12.8. The molecule has 0 saturated carbocycles. The lowest BCUT2D eigenvalue weighted by molar-refractivity contribution is -0.384. The Hall–Kier alpha value is -3.44. The highest BCUT2D eigenvalue weighted by Crippen LogP contribution is 2.44. The van der Waals surface area contributed by atoms with Crippen molar-refractivity contribution in [2.75, 3.05) is 5.32 Å². The van der Waals surface area contributed by atoms with Crippen LogP contribution in [0, 0.1) is 32.8 Å². The summed E-state index contributed by atoms with van der Waals surface area (Å²) in [6, 6.07) is 11.4. The van der Waals surface area contributed by atoms with Gasteiger partial charge < -0.3 is 9.73 Å². The summed E-state index contributed by atoms with van der Waals surface area (Å²) in [5, 5.41) is 24.1. The Labute approximate surface area is 189 Å². The van der Waals surface area contributed by atoms with E-state index in [1.54, 1.807) is 18.2 Å². The van der Waals surface area contributed by atoms with Gasteiger partial charge in [0.25, 0.3) is 11.6 Å². The first-order chi connectivity index (χ1) is 15.2. The second-order valence-corrected chi connectivity index (χ2v) is 10.2. The van der Waals surface area contributed by atoms with Crippen molar-refractivity contribution in [3.8, 4) is 17.4 Å². The number of anilines is 1. The number of fused-ring (bicyclic) bond motifs is 1. The number of nitrogens with zero attached hydrogens (tertiary/aromatic N) is 2. The van der Waals surface area contributed by atoms with Crippen molar-refractivity contribution in [3.63, 3.8) is 0 Å². The van der Waals surface area contributed by atoms with E-state index in [2.05, 4.69) is 32.2 Å². The van der Waals surface area contributed by atoms with Gasteiger partial charge in [0.2, 0.25) is 0 Å². The number of thiophene rings is 1. The molecule has 0 fully saturated rings. The average molecular weight is 450 g/mol. The summed E-state index contributed by atoms with van der Waals surface area (Å²) in [7, 11) is 0. The van der Waals surface area contributed by atoms with E-state index in [0.717, 1.165) is 24.8 Å². The van der Waals surface area contributed by atoms with Crippen molar-refractivity contribution in [2.24, 2.45) is 11.3 Å². The predicted molar refractivity (Wildman–Crippen MR) is 123 cm³/mol. The van der Waals surface area contributed by atoms with E-state index in [9.17, 15) is 20.2 Å². The number of carbonyl (C=O) groups is 1. The number of nitro groups is 1. The second-order valence-electron chi connectivity index (χ2n) is 9.05. The van der Waals surface area contributed by atoms with Crippen LogP contribution in [0.1, 0.15) is 53.8 Å². The van der Waals surface area contributed by atoms with E-state index >= 15 is 0 Å². The highest BCUT2D eigenvalue weighted by molar-refractivity contribution is 7.16. The number of nitrogens with one attached hydrogen (secondary N) is 1. The van der Waals surface area contributed by atoms with Crippen LogP contribution in [0.5, 0.6) is 0 Å². The number of rotatable bonds is 4. The van der Waals surface area contributed by atoms with Gasteiger partial charge in [-0.3, -0.25) is 14.9 Å². The second kappa shape index (κ2) is 8.24. The molecule has 32 heavy (non-hydrogen) atoms. The molecule has 1 atom stereocenters. The standard InChI is InChI=1S/C24H23N3O4S/c1-24(2,3)15-7-8-17-18(13-25)23(32-21(17)12-15)26-22(28)20-10-9-19(31-20)14-5-4-6-16(11-14)27(29)30/h4-6,9-11,15H,7-8,12H2,1-3H3,(H,26,28)/t15-/m0/s1. The zero-order valence-electron chi connectivity index (χ0n) is 18.1. The van der Waals surface area contributed by atoms with Crippen LogP contribution in [0.2, 0.25) is 0 Å². The summed E-state index contributed by atoms with van der Waals surface area (Å²) in [6.07, 6.45) is 2.77. The summed E-state index contributed by atoms with van der Waals surface area (Å²) in [6.45, 7) is 6.71. The monoisotopic (exact) mass is 449 g/mol. The summed E-state index contributed by atoms with van der Waals surface area (Å²) < 4.78 is 5.66. The normalized spacial score (nSPS) is 15.6. The van der Waals surface area contributed by atoms with Gasteiger partial charge >= 0.3 is 0 Å². The lowest BCUT2D eigenvalue weighted by Gasteiger charge is -2.33. The van der Waals surface area contributed by atoms with Gasteiger partial charge in [0.05, 0.1) is 10.5 Å². The molecule has 3 aromatic rings. The molecule has 1 amide bonds. The van der Waals surface area contributed by atoms with Crippen LogP contribution in [-0.4, -0.2) is 10.8 Å². The van der Waals surface area contributed by atoms with Crippen molar-refractivity contribution in [2.45, 2.75) is 40.0 Å². The Morgan fingerprint density at radius 2 is 2.09 bits per heavy atom. The maximum atomic E-state index is 12.8. The Morgan fingerprint density at radius 1 is 1.31 bits per heavy atom. The largest absolute Gasteiger partial charge is 0.451 e. The van der Waals surface area contributed by atoms with Crippen molar-refractivity contribution < 1.29 is 14.1 Å². The molecule has 1 N–H and O–H groups in total. The molecular weight excluding hydrogens is 426 g/mol. The molecule has 0 unspecified atom stereocenters. The van der Waals surface area contributed by atoms with E-state index in [1.165, 1.54) is 34.4 Å². The van der Waals surface area contributed by atoms with Crippen LogP contribution in [0.25, 0.3) is 11.3 Å². The van der Waals surface area contributed by atoms with Crippen molar-refractivity contribution in [1.29, 1.82) is 5.26 Å². The Balaban J connectivity index is 1.56. The van der Waals surface area contributed by atoms with Crippen LogP contribution in [0.3, 0.4) is 0 Å². The third-order valence-electron chi connectivity index (χ3n) is 6.00. The molecule has 4 rings (SSSR count). The number of furan rings is 1. The van der Waals surface area contributed by atoms with Crippen LogP contribution in [0.4, 0.5) is 10.7 Å². The molecule has 0 bridgehead atoms. The number of non-ortho nitro benzene ring substituents is 1. The molecule has 164 valence electrons. The third-order valence-corrected chi connectivity index (χ3v) is 7.17. The van der Waals surface area contributed by atoms with E-state index in [-0.39, 0.29) is 16.9 Å². The van der Waals surface area contributed by atoms with E-state index < -0.39 is 10.8 Å². The summed E-state index contributed by atoms with van der Waals surface area (Å²) in [5.74, 6) is 0.516. The number of nitro benzene ring substituents is 1. The predicted octanol–water partition coefficient (Wildman–Crippen LogP) is 6.19. The third kappa shape index (κ3) is 4.16. The van der Waals surface area contributed by atoms with Gasteiger partial charge in [0.1, 0.15) is 16.8 Å². The van der Waals surface area contributed by atoms with Gasteiger partial charge in [-0.05, 0) is 48.3 Å². The van der Waals surface area contributed by atoms with Gasteiger partial charge in [0.15, 0.2) is 5.76 Å². The van der Waals surface area contributed by atoms with E-state index in [1.807, 2.05) is 0 Å². The van der Waals surface area contributed by atoms with Crippen LogP contribution in [0.15, 0.2) is 40.8 Å². The lowest BCUT2D eigenvalue weighted by atomic mass is 9.72. The fourth-order valence-corrected chi connectivity index (χ4v) is 5.36. The molecular formula is C24H23N3O4S. The highest BCUT2D eigenvalue weighted by atomic mass is 32.1. The zero-order chi connectivity index (χ0) is 23.0. The molecule has 1 aliphatic carbocycles. The van der Waals surface area contributed by atoms with Crippen LogP contribution >= 0.6 is 11.3 Å². The quantitative estimate of drug-likeness (QED) is 0.377. The minimum atomic E-state index is -0.480. The highest BCUT2D eigenvalue weighted by Gasteiger charge is 2.32. The van der Waals surface area contributed by atoms with Crippen LogP contribution in [-0.2, 0) is 12.8 Å². The maximum Gasteiger partial charge on any atom is 0.292 e. The molecule has 8 heteroatoms. The first kappa shape index (κ1) is 21.8. The summed E-state index contributed by atoms with van der Waals surface area (Å²) in [5.41, 5.74) is 2.23. The number of benzene rings is 1. The lowest BCUT2D eigenvalue weighted by Crippen LogP contribution is -2.26. The van der Waals surface area contributed by atoms with E-state index in [0.29, 0.717) is 27.8 Å². The zero-order valence-corrected chi connectivity index (χ0v) is 18.9. The Kier molecular flexibility index (Phi) is 5.61. The summed E-state index contributed by atoms with van der Waals surface area (Å²) in [4.78, 5) is 24.5. The van der Waals surface area contributed by atoms with Gasteiger partial charge in [-0.15, -0.1) is 11.3 Å². The topological polar surface area (TPSA) is 109 Å². The number of amides is 1. The molecule has 2 heterocycles. The number of hydrogen-bond donors (Lipinski definition) is 1. The van der Waals surface area contributed by atoms with Gasteiger partial charge in [-0.1, -0.05) is 32.9 Å². The molecule has 2 aromatic heterocycles. The van der Waals surface area contributed by atoms with Crippen LogP contribution < -0.4 is 5.32 Å². The molecule has 0 spiro atoms. The van der Waals surface area contributed by atoms with Gasteiger partial charge in [0, 0.05) is 22.6 Å². The fourth-order valence-electron chi connectivity index (χ4n) is 4.08. The molecule has 0 aliphatic heterocycles. The van der Waals surface area contributed by atoms with Gasteiger partial charge in [-0.2, -0.15) is 5.26 Å². The number of nitriles is 1. The first-order valence-electron chi connectivity index (χ1n) is 10.4. The van der Waals surface area contributed by atoms with E-state index in [4.69, 9.17) is 4.42 Å². The van der Waals surface area contributed by atoms with Gasteiger partial charge in [-0.25, -0.2) is 0 Å². The molecule has 1 aliphatic rings. The minimum absolute atomic E-state index is 0.0544. The van der Waals surface area contributed by atoms with Crippen molar-refractivity contribution >= 4 is 27.9 Å². The summed E-state index contributed by atoms with van der Waals surface area (Å²) >= 11 is 1.47. The molecule has 0 radical (unpaired) electrons. The van der Waals surface area contributed by atoms with Crippen molar-refractivity contribution in [3.05, 3.63) is 68.3 Å². The fraction of sp³-hybridized carbons (Fsp3) is 0.333. The molecule has 0 saturated heterocycles. The Morgan fingerprint density at radius 3 is 2.78 bits per heavy atom. The number of hydrogen-bond acceptors (Lipinski definition) is 6. The number of carbonyl (C=O) groups excluding carboxylic acids is 1. The SMILES string of the molecule is CC(C)(C)[C@H]1CCc2c(sc(NC(=O)c3ccc(-c4cccc([N+](=O)[O-])c4)o3)c2C#N)C1. The molecule has 7 nitrogen and oxygen atoms in total. The molecule has 1 aromatic carbocycles. The first-order valence-corrected chi connectivity index (χ1v) is 11.2. The average Bonchev–Trinajstić information content (AvgIpc) is 3.37. The minimum Gasteiger partial charge on any atom is -0.451 e. The Bertz CT molecular complexity index is 1240.